The van der Waals surface area contributed by atoms with Crippen LogP contribution in [0.25, 0.3) is 0 Å². The fourth-order valence-electron chi connectivity index (χ4n) is 1.55. The first kappa shape index (κ1) is 9.27. The van der Waals surface area contributed by atoms with Crippen molar-refractivity contribution in [1.29, 1.82) is 0 Å². The third kappa shape index (κ3) is 1.51. The second kappa shape index (κ2) is 3.72. The summed E-state index contributed by atoms with van der Waals surface area (Å²) in [5.74, 6) is 0. The molecule has 0 bridgehead atoms. The first-order valence-corrected chi connectivity index (χ1v) is 4.48. The van der Waals surface area contributed by atoms with E-state index in [2.05, 4.69) is 32.9 Å². The molecule has 0 radical (unpaired) electrons. The summed E-state index contributed by atoms with van der Waals surface area (Å²) in [5.41, 5.74) is 11.1. The lowest BCUT2D eigenvalue weighted by Crippen LogP contribution is -2.04. The molecule has 0 heterocycles. The van der Waals surface area contributed by atoms with Crippen molar-refractivity contribution in [3.8, 4) is 0 Å². The van der Waals surface area contributed by atoms with Crippen molar-refractivity contribution in [3.63, 3.8) is 0 Å². The fourth-order valence-corrected chi connectivity index (χ4v) is 1.55. The molecule has 1 aromatic carbocycles. The number of nitrogens with two attached hydrogens (primary N) is 1. The highest BCUT2D eigenvalue weighted by atomic mass is 14.5. The zero-order valence-electron chi connectivity index (χ0n) is 8.15. The van der Waals surface area contributed by atoms with Crippen molar-refractivity contribution in [2.24, 2.45) is 5.73 Å². The maximum Gasteiger partial charge on any atom is 0.0183 e. The molecule has 66 valence electrons. The maximum absolute atomic E-state index is 5.70. The zero-order valence-corrected chi connectivity index (χ0v) is 8.15. The summed E-state index contributed by atoms with van der Waals surface area (Å²) < 4.78 is 0. The summed E-state index contributed by atoms with van der Waals surface area (Å²) in [7, 11) is 0. The van der Waals surface area contributed by atoms with E-state index < -0.39 is 0 Å². The second-order valence-corrected chi connectivity index (χ2v) is 3.20. The maximum atomic E-state index is 5.70. The lowest BCUT2D eigenvalue weighted by Gasteiger charge is -2.11. The molecule has 0 spiro atoms. The van der Waals surface area contributed by atoms with E-state index in [0.29, 0.717) is 6.54 Å². The monoisotopic (exact) mass is 163 g/mol. The molecule has 1 heteroatoms. The molecule has 0 atom stereocenters. The Hall–Kier alpha value is -0.820. The zero-order chi connectivity index (χ0) is 9.14. The topological polar surface area (TPSA) is 26.0 Å². The SMILES string of the molecule is CCc1ccc(C)c(C)c1CN. The van der Waals surface area contributed by atoms with E-state index in [1.807, 2.05) is 0 Å². The summed E-state index contributed by atoms with van der Waals surface area (Å²) >= 11 is 0. The Morgan fingerprint density at radius 1 is 1.25 bits per heavy atom. The molecule has 0 saturated heterocycles. The van der Waals surface area contributed by atoms with Gasteiger partial charge in [-0.1, -0.05) is 19.1 Å². The smallest absolute Gasteiger partial charge is 0.0183 e. The third-order valence-electron chi connectivity index (χ3n) is 2.55. The Morgan fingerprint density at radius 3 is 2.42 bits per heavy atom. The van der Waals surface area contributed by atoms with E-state index in [1.54, 1.807) is 0 Å². The Bertz CT molecular complexity index is 277. The molecule has 0 fully saturated rings. The lowest BCUT2D eigenvalue weighted by atomic mass is 9.96. The fraction of sp³-hybridized carbons (Fsp3) is 0.455. The van der Waals surface area contributed by atoms with Crippen molar-refractivity contribution in [1.82, 2.24) is 0 Å². The molecule has 0 aliphatic carbocycles. The summed E-state index contributed by atoms with van der Waals surface area (Å²) in [4.78, 5) is 0. The van der Waals surface area contributed by atoms with Crippen LogP contribution in [0.4, 0.5) is 0 Å². The van der Waals surface area contributed by atoms with E-state index >= 15 is 0 Å². The number of benzene rings is 1. The van der Waals surface area contributed by atoms with Gasteiger partial charge in [-0.05, 0) is 42.5 Å². The van der Waals surface area contributed by atoms with Crippen LogP contribution in [0.1, 0.15) is 29.2 Å². The van der Waals surface area contributed by atoms with Gasteiger partial charge < -0.3 is 5.73 Å². The molecule has 2 N–H and O–H groups in total. The van der Waals surface area contributed by atoms with Gasteiger partial charge in [-0.2, -0.15) is 0 Å². The van der Waals surface area contributed by atoms with Crippen LogP contribution in [0.5, 0.6) is 0 Å². The molecule has 0 unspecified atom stereocenters. The molecular weight excluding hydrogens is 146 g/mol. The first-order valence-electron chi connectivity index (χ1n) is 4.48. The number of aryl methyl sites for hydroxylation is 2. The molecule has 1 nitrogen and oxygen atoms in total. The number of hydrogen-bond donors (Lipinski definition) is 1. The molecule has 0 aliphatic rings. The van der Waals surface area contributed by atoms with Crippen LogP contribution < -0.4 is 5.73 Å². The van der Waals surface area contributed by atoms with Gasteiger partial charge in [0.05, 0.1) is 0 Å². The van der Waals surface area contributed by atoms with Gasteiger partial charge in [0.25, 0.3) is 0 Å². The third-order valence-corrected chi connectivity index (χ3v) is 2.55. The average molecular weight is 163 g/mol. The highest BCUT2D eigenvalue weighted by Gasteiger charge is 2.03. The second-order valence-electron chi connectivity index (χ2n) is 3.20. The minimum atomic E-state index is 0.663. The minimum absolute atomic E-state index is 0.663. The quantitative estimate of drug-likeness (QED) is 0.711. The summed E-state index contributed by atoms with van der Waals surface area (Å²) in [5, 5.41) is 0. The normalized spacial score (nSPS) is 10.3. The van der Waals surface area contributed by atoms with E-state index in [1.165, 1.54) is 22.3 Å². The number of hydrogen-bond acceptors (Lipinski definition) is 1. The number of rotatable bonds is 2. The standard InChI is InChI=1S/C11H17N/c1-4-10-6-5-8(2)9(3)11(10)7-12/h5-6H,4,7,12H2,1-3H3. The predicted octanol–water partition coefficient (Wildman–Crippen LogP) is 2.32. The highest BCUT2D eigenvalue weighted by Crippen LogP contribution is 2.17. The molecule has 1 rings (SSSR count). The van der Waals surface area contributed by atoms with Crippen LogP contribution in [-0.4, -0.2) is 0 Å². The lowest BCUT2D eigenvalue weighted by molar-refractivity contribution is 0.978. The Balaban J connectivity index is 3.25. The minimum Gasteiger partial charge on any atom is -0.326 e. The molecule has 0 aromatic heterocycles. The van der Waals surface area contributed by atoms with Crippen LogP contribution in [0.3, 0.4) is 0 Å². The Morgan fingerprint density at radius 2 is 1.92 bits per heavy atom. The summed E-state index contributed by atoms with van der Waals surface area (Å²) in [6.45, 7) is 7.12. The Kier molecular flexibility index (Phi) is 2.88. The largest absolute Gasteiger partial charge is 0.326 e. The van der Waals surface area contributed by atoms with E-state index in [0.717, 1.165) is 6.42 Å². The summed E-state index contributed by atoms with van der Waals surface area (Å²) in [6.07, 6.45) is 1.08. The van der Waals surface area contributed by atoms with Crippen LogP contribution in [0.2, 0.25) is 0 Å². The van der Waals surface area contributed by atoms with Crippen LogP contribution in [0.15, 0.2) is 12.1 Å². The van der Waals surface area contributed by atoms with Crippen molar-refractivity contribution >= 4 is 0 Å². The van der Waals surface area contributed by atoms with Gasteiger partial charge in [0, 0.05) is 6.54 Å². The molecule has 0 saturated carbocycles. The van der Waals surface area contributed by atoms with Crippen molar-refractivity contribution < 1.29 is 0 Å². The first-order chi connectivity index (χ1) is 5.70. The van der Waals surface area contributed by atoms with Gasteiger partial charge >= 0.3 is 0 Å². The van der Waals surface area contributed by atoms with Gasteiger partial charge in [0.15, 0.2) is 0 Å². The molecule has 0 amide bonds. The molecule has 12 heavy (non-hydrogen) atoms. The van der Waals surface area contributed by atoms with Gasteiger partial charge in [-0.25, -0.2) is 0 Å². The average Bonchev–Trinajstić information content (AvgIpc) is 2.09. The van der Waals surface area contributed by atoms with Crippen LogP contribution in [-0.2, 0) is 13.0 Å². The highest BCUT2D eigenvalue weighted by molar-refractivity contribution is 5.39. The van der Waals surface area contributed by atoms with E-state index in [-0.39, 0.29) is 0 Å². The van der Waals surface area contributed by atoms with Crippen molar-refractivity contribution in [2.75, 3.05) is 0 Å². The van der Waals surface area contributed by atoms with Crippen molar-refractivity contribution in [2.45, 2.75) is 33.7 Å². The Labute approximate surface area is 74.6 Å². The van der Waals surface area contributed by atoms with Crippen LogP contribution >= 0.6 is 0 Å². The van der Waals surface area contributed by atoms with Gasteiger partial charge in [-0.15, -0.1) is 0 Å². The summed E-state index contributed by atoms with van der Waals surface area (Å²) in [6, 6.07) is 4.36. The van der Waals surface area contributed by atoms with E-state index in [9.17, 15) is 0 Å². The van der Waals surface area contributed by atoms with Gasteiger partial charge in [-0.3, -0.25) is 0 Å². The van der Waals surface area contributed by atoms with E-state index in [4.69, 9.17) is 5.73 Å². The van der Waals surface area contributed by atoms with Crippen LogP contribution in [0, 0.1) is 13.8 Å². The van der Waals surface area contributed by atoms with Crippen molar-refractivity contribution in [3.05, 3.63) is 34.4 Å². The molecule has 0 aliphatic heterocycles. The molecular formula is C11H17N. The predicted molar refractivity (Wildman–Crippen MR) is 53.2 cm³/mol. The van der Waals surface area contributed by atoms with Gasteiger partial charge in [0.1, 0.15) is 0 Å². The molecule has 1 aromatic rings. The van der Waals surface area contributed by atoms with Gasteiger partial charge in [0.2, 0.25) is 0 Å².